The molecular formula is C11H11BrO2. The molecule has 0 fully saturated rings. The molecule has 0 heterocycles. The zero-order valence-electron chi connectivity index (χ0n) is 7.66. The lowest BCUT2D eigenvalue weighted by atomic mass is 10.2. The van der Waals surface area contributed by atoms with Crippen molar-refractivity contribution < 1.29 is 9.84 Å². The Morgan fingerprint density at radius 3 is 2.86 bits per heavy atom. The van der Waals surface area contributed by atoms with E-state index in [9.17, 15) is 0 Å². The molecule has 0 aliphatic carbocycles. The van der Waals surface area contributed by atoms with Gasteiger partial charge in [-0.1, -0.05) is 6.07 Å². The molecule has 0 aromatic heterocycles. The van der Waals surface area contributed by atoms with Gasteiger partial charge in [0.25, 0.3) is 0 Å². The molecule has 3 heteroatoms. The molecule has 0 amide bonds. The lowest BCUT2D eigenvalue weighted by Crippen LogP contribution is -1.97. The molecule has 0 unspecified atom stereocenters. The van der Waals surface area contributed by atoms with Crippen molar-refractivity contribution in [2.45, 2.75) is 13.0 Å². The molecular weight excluding hydrogens is 244 g/mol. The molecule has 1 aromatic rings. The van der Waals surface area contributed by atoms with E-state index in [0.717, 1.165) is 15.8 Å². The van der Waals surface area contributed by atoms with Crippen molar-refractivity contribution in [3.05, 3.63) is 28.2 Å². The molecule has 2 nitrogen and oxygen atoms in total. The Hall–Kier alpha value is -0.980. The summed E-state index contributed by atoms with van der Waals surface area (Å²) >= 11 is 3.35. The van der Waals surface area contributed by atoms with Crippen LogP contribution in [0.3, 0.4) is 0 Å². The van der Waals surface area contributed by atoms with Gasteiger partial charge >= 0.3 is 0 Å². The second-order valence-electron chi connectivity index (χ2n) is 2.73. The Kier molecular flexibility index (Phi) is 4.51. The third kappa shape index (κ3) is 3.06. The van der Waals surface area contributed by atoms with E-state index < -0.39 is 0 Å². The number of terminal acetylenes is 1. The zero-order valence-corrected chi connectivity index (χ0v) is 9.25. The summed E-state index contributed by atoms with van der Waals surface area (Å²) in [6, 6.07) is 5.45. The highest BCUT2D eigenvalue weighted by Gasteiger charge is 2.01. The van der Waals surface area contributed by atoms with Gasteiger partial charge in [-0.25, -0.2) is 0 Å². The number of rotatable bonds is 4. The minimum atomic E-state index is 0.0310. The summed E-state index contributed by atoms with van der Waals surface area (Å²) in [4.78, 5) is 0. The molecule has 1 aromatic carbocycles. The first-order chi connectivity index (χ1) is 6.77. The first-order valence-electron chi connectivity index (χ1n) is 4.23. The maximum Gasteiger partial charge on any atom is 0.133 e. The van der Waals surface area contributed by atoms with Crippen LogP contribution in [0, 0.1) is 12.3 Å². The summed E-state index contributed by atoms with van der Waals surface area (Å²) < 4.78 is 6.24. The van der Waals surface area contributed by atoms with Crippen LogP contribution in [-0.4, -0.2) is 11.7 Å². The van der Waals surface area contributed by atoms with E-state index in [4.69, 9.17) is 16.3 Å². The first kappa shape index (κ1) is 11.1. The molecule has 0 aliphatic rings. The van der Waals surface area contributed by atoms with Crippen LogP contribution in [0.5, 0.6) is 5.75 Å². The van der Waals surface area contributed by atoms with Crippen LogP contribution < -0.4 is 4.74 Å². The number of aliphatic hydroxyl groups excluding tert-OH is 1. The first-order valence-corrected chi connectivity index (χ1v) is 5.02. The number of hydrogen-bond donors (Lipinski definition) is 1. The fraction of sp³-hybridized carbons (Fsp3) is 0.273. The third-order valence-corrected chi connectivity index (χ3v) is 2.30. The quantitative estimate of drug-likeness (QED) is 0.661. The van der Waals surface area contributed by atoms with Crippen molar-refractivity contribution in [1.82, 2.24) is 0 Å². The van der Waals surface area contributed by atoms with Crippen LogP contribution in [0.25, 0.3) is 0 Å². The maximum atomic E-state index is 8.88. The van der Waals surface area contributed by atoms with Gasteiger partial charge in [0, 0.05) is 6.42 Å². The molecule has 1 rings (SSSR count). The Bertz CT molecular complexity index is 342. The van der Waals surface area contributed by atoms with E-state index >= 15 is 0 Å². The predicted molar refractivity (Wildman–Crippen MR) is 59.0 cm³/mol. The second-order valence-corrected chi connectivity index (χ2v) is 3.58. The zero-order chi connectivity index (χ0) is 10.4. The molecule has 0 atom stereocenters. The summed E-state index contributed by atoms with van der Waals surface area (Å²) in [7, 11) is 0. The molecule has 74 valence electrons. The van der Waals surface area contributed by atoms with Gasteiger partial charge in [0.1, 0.15) is 5.75 Å². The molecule has 0 saturated carbocycles. The van der Waals surface area contributed by atoms with Gasteiger partial charge in [0.15, 0.2) is 0 Å². The van der Waals surface area contributed by atoms with Crippen LogP contribution in [0.15, 0.2) is 22.7 Å². The molecule has 0 saturated heterocycles. The molecule has 0 aliphatic heterocycles. The van der Waals surface area contributed by atoms with Gasteiger partial charge in [-0.2, -0.15) is 0 Å². The highest BCUT2D eigenvalue weighted by Crippen LogP contribution is 2.26. The topological polar surface area (TPSA) is 29.5 Å². The van der Waals surface area contributed by atoms with Gasteiger partial charge in [-0.3, -0.25) is 0 Å². The molecule has 0 spiro atoms. The number of ether oxygens (including phenoxy) is 1. The lowest BCUT2D eigenvalue weighted by Gasteiger charge is -2.07. The van der Waals surface area contributed by atoms with Crippen molar-refractivity contribution in [2.75, 3.05) is 6.61 Å². The van der Waals surface area contributed by atoms with Crippen LogP contribution in [-0.2, 0) is 6.61 Å². The number of benzene rings is 1. The van der Waals surface area contributed by atoms with Crippen molar-refractivity contribution in [2.24, 2.45) is 0 Å². The molecule has 14 heavy (non-hydrogen) atoms. The van der Waals surface area contributed by atoms with Crippen LogP contribution in [0.1, 0.15) is 12.0 Å². The smallest absolute Gasteiger partial charge is 0.133 e. The van der Waals surface area contributed by atoms with E-state index in [1.54, 1.807) is 0 Å². The van der Waals surface area contributed by atoms with Gasteiger partial charge < -0.3 is 9.84 Å². The summed E-state index contributed by atoms with van der Waals surface area (Å²) in [5.74, 6) is 3.25. The Morgan fingerprint density at radius 1 is 1.50 bits per heavy atom. The fourth-order valence-electron chi connectivity index (χ4n) is 0.980. The Balaban J connectivity index is 2.65. The van der Waals surface area contributed by atoms with E-state index in [-0.39, 0.29) is 6.61 Å². The summed E-state index contributed by atoms with van der Waals surface area (Å²) in [6.45, 7) is 0.538. The highest BCUT2D eigenvalue weighted by molar-refractivity contribution is 9.10. The minimum Gasteiger partial charge on any atom is -0.491 e. The monoisotopic (exact) mass is 254 g/mol. The predicted octanol–water partition coefficient (Wildman–Crippen LogP) is 2.34. The summed E-state index contributed by atoms with van der Waals surface area (Å²) in [5.41, 5.74) is 0.848. The maximum absolute atomic E-state index is 8.88. The second kappa shape index (κ2) is 5.69. The minimum absolute atomic E-state index is 0.0310. The molecule has 0 bridgehead atoms. The van der Waals surface area contributed by atoms with Crippen LogP contribution >= 0.6 is 15.9 Å². The van der Waals surface area contributed by atoms with Crippen LogP contribution in [0.4, 0.5) is 0 Å². The van der Waals surface area contributed by atoms with Crippen molar-refractivity contribution in [3.63, 3.8) is 0 Å². The Labute approximate surface area is 92.0 Å². The average molecular weight is 255 g/mol. The van der Waals surface area contributed by atoms with Crippen molar-refractivity contribution >= 4 is 15.9 Å². The van der Waals surface area contributed by atoms with E-state index in [1.807, 2.05) is 18.2 Å². The average Bonchev–Trinajstić information content (AvgIpc) is 2.20. The third-order valence-electron chi connectivity index (χ3n) is 1.68. The largest absolute Gasteiger partial charge is 0.491 e. The molecule has 0 radical (unpaired) electrons. The van der Waals surface area contributed by atoms with Crippen molar-refractivity contribution in [3.8, 4) is 18.1 Å². The SMILES string of the molecule is C#CCCOc1ccc(CO)cc1Br. The normalized spacial score (nSPS) is 9.50. The number of aliphatic hydroxyl groups is 1. The van der Waals surface area contributed by atoms with Crippen molar-refractivity contribution in [1.29, 1.82) is 0 Å². The van der Waals surface area contributed by atoms with Gasteiger partial charge in [-0.05, 0) is 33.6 Å². The number of hydrogen-bond acceptors (Lipinski definition) is 2. The summed E-state index contributed by atoms with van der Waals surface area (Å²) in [5, 5.41) is 8.88. The van der Waals surface area contributed by atoms with E-state index in [1.165, 1.54) is 0 Å². The fourth-order valence-corrected chi connectivity index (χ4v) is 1.52. The summed E-state index contributed by atoms with van der Waals surface area (Å²) in [6.07, 6.45) is 5.69. The standard InChI is InChI=1S/C11H11BrO2/c1-2-3-6-14-11-5-4-9(8-13)7-10(11)12/h1,4-5,7,13H,3,6,8H2. The van der Waals surface area contributed by atoms with Gasteiger partial charge in [0.2, 0.25) is 0 Å². The van der Waals surface area contributed by atoms with Crippen LogP contribution in [0.2, 0.25) is 0 Å². The Morgan fingerprint density at radius 2 is 2.29 bits per heavy atom. The number of halogens is 1. The highest BCUT2D eigenvalue weighted by atomic mass is 79.9. The lowest BCUT2D eigenvalue weighted by molar-refractivity contribution is 0.281. The van der Waals surface area contributed by atoms with E-state index in [2.05, 4.69) is 21.9 Å². The van der Waals surface area contributed by atoms with Gasteiger partial charge in [0.05, 0.1) is 17.7 Å². The molecule has 1 N–H and O–H groups in total. The van der Waals surface area contributed by atoms with E-state index in [0.29, 0.717) is 13.0 Å². The van der Waals surface area contributed by atoms with Gasteiger partial charge in [-0.15, -0.1) is 12.3 Å².